The van der Waals surface area contributed by atoms with E-state index in [9.17, 15) is 9.59 Å². The fourth-order valence-electron chi connectivity index (χ4n) is 2.70. The lowest BCUT2D eigenvalue weighted by Gasteiger charge is -2.07. The maximum Gasteiger partial charge on any atom is 0.251 e. The number of carbonyl (C=O) groups is 2. The van der Waals surface area contributed by atoms with Gasteiger partial charge in [0.2, 0.25) is 11.0 Å². The SMILES string of the molecule is COc1cccc(Nc2nnc(SCC(=O)Nc3cccc(C(=O)NC4CC4)c3)s2)c1. The van der Waals surface area contributed by atoms with E-state index in [-0.39, 0.29) is 23.6 Å². The molecule has 0 unspecified atom stereocenters. The highest BCUT2D eigenvalue weighted by Crippen LogP contribution is 2.29. The van der Waals surface area contributed by atoms with Crippen LogP contribution < -0.4 is 20.7 Å². The fraction of sp³-hybridized carbons (Fsp3) is 0.238. The maximum atomic E-state index is 12.3. The number of nitrogens with zero attached hydrogens (tertiary/aromatic N) is 2. The summed E-state index contributed by atoms with van der Waals surface area (Å²) in [6.07, 6.45) is 2.06. The van der Waals surface area contributed by atoms with E-state index in [0.717, 1.165) is 24.3 Å². The average Bonchev–Trinajstić information content (AvgIpc) is 3.48. The molecule has 2 amide bonds. The van der Waals surface area contributed by atoms with Crippen molar-refractivity contribution in [2.45, 2.75) is 23.2 Å². The van der Waals surface area contributed by atoms with Crippen LogP contribution in [0.3, 0.4) is 0 Å². The lowest BCUT2D eigenvalue weighted by molar-refractivity contribution is -0.113. The van der Waals surface area contributed by atoms with Crippen molar-refractivity contribution in [3.05, 3.63) is 54.1 Å². The highest BCUT2D eigenvalue weighted by molar-refractivity contribution is 8.01. The zero-order valence-corrected chi connectivity index (χ0v) is 18.4. The Morgan fingerprint density at radius 1 is 1.13 bits per heavy atom. The van der Waals surface area contributed by atoms with Crippen LogP contribution in [0, 0.1) is 0 Å². The number of hydrogen-bond donors (Lipinski definition) is 3. The molecule has 2 aromatic carbocycles. The van der Waals surface area contributed by atoms with Crippen LogP contribution in [0.1, 0.15) is 23.2 Å². The zero-order valence-electron chi connectivity index (χ0n) is 16.8. The predicted octanol–water partition coefficient (Wildman–Crippen LogP) is 3.91. The summed E-state index contributed by atoms with van der Waals surface area (Å²) in [4.78, 5) is 24.5. The molecule has 0 bridgehead atoms. The van der Waals surface area contributed by atoms with Gasteiger partial charge in [0.25, 0.3) is 5.91 Å². The molecule has 10 heteroatoms. The molecule has 1 aliphatic rings. The number of carbonyl (C=O) groups excluding carboxylic acids is 2. The Kier molecular flexibility index (Phi) is 6.68. The molecular formula is C21H21N5O3S2. The van der Waals surface area contributed by atoms with E-state index in [4.69, 9.17) is 4.74 Å². The molecule has 1 heterocycles. The summed E-state index contributed by atoms with van der Waals surface area (Å²) < 4.78 is 5.89. The molecule has 0 atom stereocenters. The number of amides is 2. The number of anilines is 3. The fourth-order valence-corrected chi connectivity index (χ4v) is 4.27. The summed E-state index contributed by atoms with van der Waals surface area (Å²) in [7, 11) is 1.61. The van der Waals surface area contributed by atoms with Crippen molar-refractivity contribution in [2.24, 2.45) is 0 Å². The van der Waals surface area contributed by atoms with Gasteiger partial charge in [0.15, 0.2) is 4.34 Å². The Labute approximate surface area is 187 Å². The van der Waals surface area contributed by atoms with Gasteiger partial charge >= 0.3 is 0 Å². The number of aromatic nitrogens is 2. The largest absolute Gasteiger partial charge is 0.497 e. The van der Waals surface area contributed by atoms with Crippen molar-refractivity contribution in [1.29, 1.82) is 0 Å². The summed E-state index contributed by atoms with van der Waals surface area (Å²) in [5.41, 5.74) is 1.97. The second kappa shape index (κ2) is 9.80. The highest BCUT2D eigenvalue weighted by Gasteiger charge is 2.23. The lowest BCUT2D eigenvalue weighted by Crippen LogP contribution is -2.25. The van der Waals surface area contributed by atoms with Gasteiger partial charge in [-0.05, 0) is 43.2 Å². The van der Waals surface area contributed by atoms with Gasteiger partial charge in [0.05, 0.1) is 12.9 Å². The third-order valence-corrected chi connectivity index (χ3v) is 6.35. The molecule has 1 saturated carbocycles. The van der Waals surface area contributed by atoms with Crippen LogP contribution in [0.5, 0.6) is 5.75 Å². The first-order valence-electron chi connectivity index (χ1n) is 9.67. The molecule has 31 heavy (non-hydrogen) atoms. The molecule has 160 valence electrons. The Hall–Kier alpha value is -3.11. The minimum atomic E-state index is -0.178. The second-order valence-corrected chi connectivity index (χ2v) is 9.10. The smallest absolute Gasteiger partial charge is 0.251 e. The minimum absolute atomic E-state index is 0.113. The Morgan fingerprint density at radius 3 is 2.74 bits per heavy atom. The van der Waals surface area contributed by atoms with Crippen LogP contribution in [-0.4, -0.2) is 40.9 Å². The Bertz CT molecular complexity index is 1080. The Balaban J connectivity index is 1.27. The van der Waals surface area contributed by atoms with Crippen molar-refractivity contribution in [3.8, 4) is 5.75 Å². The van der Waals surface area contributed by atoms with Crippen molar-refractivity contribution in [1.82, 2.24) is 15.5 Å². The van der Waals surface area contributed by atoms with E-state index in [1.807, 2.05) is 24.3 Å². The molecule has 4 rings (SSSR count). The number of hydrogen-bond acceptors (Lipinski definition) is 8. The van der Waals surface area contributed by atoms with Gasteiger partial charge < -0.3 is 20.7 Å². The average molecular weight is 456 g/mol. The summed E-state index contributed by atoms with van der Waals surface area (Å²) in [6.45, 7) is 0. The van der Waals surface area contributed by atoms with Gasteiger partial charge in [0, 0.05) is 29.0 Å². The van der Waals surface area contributed by atoms with Gasteiger partial charge in [-0.2, -0.15) is 0 Å². The molecule has 1 aromatic heterocycles. The van der Waals surface area contributed by atoms with Crippen LogP contribution in [-0.2, 0) is 4.79 Å². The molecular weight excluding hydrogens is 434 g/mol. The topological polar surface area (TPSA) is 105 Å². The third kappa shape index (κ3) is 6.19. The van der Waals surface area contributed by atoms with Crippen LogP contribution in [0.2, 0.25) is 0 Å². The first-order chi connectivity index (χ1) is 15.1. The standard InChI is InChI=1S/C21H21N5O3S2/c1-29-17-7-3-6-16(11-17)24-20-25-26-21(31-20)30-12-18(27)22-15-5-2-4-13(10-15)19(28)23-14-8-9-14/h2-7,10-11,14H,8-9,12H2,1H3,(H,22,27)(H,23,28)(H,24,25). The van der Waals surface area contributed by atoms with Crippen LogP contribution in [0.15, 0.2) is 52.9 Å². The number of methoxy groups -OCH3 is 1. The van der Waals surface area contributed by atoms with E-state index in [0.29, 0.717) is 20.7 Å². The van der Waals surface area contributed by atoms with Crippen LogP contribution >= 0.6 is 23.1 Å². The number of ether oxygens (including phenoxy) is 1. The molecule has 3 N–H and O–H groups in total. The molecule has 3 aromatic rings. The molecule has 0 saturated heterocycles. The van der Waals surface area contributed by atoms with Gasteiger partial charge in [-0.15, -0.1) is 10.2 Å². The third-order valence-electron chi connectivity index (χ3n) is 4.38. The van der Waals surface area contributed by atoms with E-state index < -0.39 is 0 Å². The van der Waals surface area contributed by atoms with E-state index in [1.165, 1.54) is 23.1 Å². The number of rotatable bonds is 9. The first-order valence-corrected chi connectivity index (χ1v) is 11.5. The monoisotopic (exact) mass is 455 g/mol. The lowest BCUT2D eigenvalue weighted by atomic mass is 10.2. The summed E-state index contributed by atoms with van der Waals surface area (Å²) in [5.74, 6) is 0.641. The summed E-state index contributed by atoms with van der Waals surface area (Å²) in [6, 6.07) is 14.7. The normalized spacial score (nSPS) is 12.8. The number of benzene rings is 2. The maximum absolute atomic E-state index is 12.3. The number of thioether (sulfide) groups is 1. The summed E-state index contributed by atoms with van der Waals surface area (Å²) >= 11 is 2.67. The summed E-state index contributed by atoms with van der Waals surface area (Å²) in [5, 5.41) is 17.8. The van der Waals surface area contributed by atoms with Gasteiger partial charge in [-0.3, -0.25) is 9.59 Å². The van der Waals surface area contributed by atoms with Gasteiger partial charge in [0.1, 0.15) is 5.75 Å². The Morgan fingerprint density at radius 2 is 1.94 bits per heavy atom. The molecule has 0 radical (unpaired) electrons. The molecule has 1 aliphatic carbocycles. The van der Waals surface area contributed by atoms with Gasteiger partial charge in [-0.1, -0.05) is 35.2 Å². The van der Waals surface area contributed by atoms with Crippen molar-refractivity contribution in [3.63, 3.8) is 0 Å². The van der Waals surface area contributed by atoms with Crippen molar-refractivity contribution < 1.29 is 14.3 Å². The van der Waals surface area contributed by atoms with Crippen molar-refractivity contribution >= 4 is 51.4 Å². The van der Waals surface area contributed by atoms with E-state index in [1.54, 1.807) is 31.4 Å². The molecule has 1 fully saturated rings. The van der Waals surface area contributed by atoms with Crippen LogP contribution in [0.4, 0.5) is 16.5 Å². The zero-order chi connectivity index (χ0) is 21.6. The molecule has 0 spiro atoms. The first kappa shape index (κ1) is 21.1. The van der Waals surface area contributed by atoms with E-state index >= 15 is 0 Å². The predicted molar refractivity (Wildman–Crippen MR) is 122 cm³/mol. The van der Waals surface area contributed by atoms with Crippen LogP contribution in [0.25, 0.3) is 0 Å². The molecule has 8 nitrogen and oxygen atoms in total. The van der Waals surface area contributed by atoms with Crippen molar-refractivity contribution in [2.75, 3.05) is 23.5 Å². The minimum Gasteiger partial charge on any atom is -0.497 e. The second-order valence-electron chi connectivity index (χ2n) is 6.90. The quantitative estimate of drug-likeness (QED) is 0.420. The van der Waals surface area contributed by atoms with E-state index in [2.05, 4.69) is 26.1 Å². The number of nitrogens with one attached hydrogen (secondary N) is 3. The van der Waals surface area contributed by atoms with Gasteiger partial charge in [-0.25, -0.2) is 0 Å². The molecule has 0 aliphatic heterocycles. The highest BCUT2D eigenvalue weighted by atomic mass is 32.2.